The molecule has 0 bridgehead atoms. The molecule has 0 fully saturated rings. The Morgan fingerprint density at radius 3 is 1.24 bits per heavy atom. The van der Waals surface area contributed by atoms with E-state index in [1.165, 1.54) is 0 Å². The number of benzene rings is 2. The topological polar surface area (TPSA) is 40.5 Å². The van der Waals surface area contributed by atoms with Crippen molar-refractivity contribution in [1.82, 2.24) is 0 Å². The summed E-state index contributed by atoms with van der Waals surface area (Å²) < 4.78 is 0. The van der Waals surface area contributed by atoms with E-state index in [9.17, 15) is 9.59 Å². The summed E-state index contributed by atoms with van der Waals surface area (Å²) in [5, 5.41) is 1.24. The summed E-state index contributed by atoms with van der Waals surface area (Å²) in [5.41, 5.74) is 2.23. The molecule has 2 nitrogen and oxygen atoms in total. The fraction of sp³-hybridized carbons (Fsp3) is 0.143. The average Bonchev–Trinajstić information content (AvgIpc) is 2.30. The van der Waals surface area contributed by atoms with Crippen LogP contribution in [0.4, 0.5) is 0 Å². The normalized spacial score (nSPS) is 11.5. The fourth-order valence-corrected chi connectivity index (χ4v) is 3.33. The van der Waals surface area contributed by atoms with Gasteiger partial charge in [-0.25, -0.2) is 0 Å². The number of hydrogen-bond donors (Lipinski definition) is 2. The molecule has 0 amide bonds. The molecule has 0 unspecified atom stereocenters. The van der Waals surface area contributed by atoms with Crippen molar-refractivity contribution < 1.29 is 9.59 Å². The van der Waals surface area contributed by atoms with Crippen LogP contribution in [0.2, 0.25) is 0 Å². The Morgan fingerprint density at radius 1 is 0.647 bits per heavy atom. The van der Waals surface area contributed by atoms with Crippen LogP contribution in [-0.4, -0.2) is 18.2 Å². The molecule has 0 aromatic heterocycles. The predicted octanol–water partition coefficient (Wildman–Crippen LogP) is 0.844. The van der Waals surface area contributed by atoms with Gasteiger partial charge in [0.15, 0.2) is 0 Å². The molecule has 0 saturated heterocycles. The van der Waals surface area contributed by atoms with Crippen LogP contribution < -0.4 is 10.4 Å². The molecule has 88 valence electrons. The summed E-state index contributed by atoms with van der Waals surface area (Å²) in [5.74, 6) is 0. The molecule has 0 spiro atoms. The van der Waals surface area contributed by atoms with Gasteiger partial charge in [0.2, 0.25) is 0 Å². The van der Waals surface area contributed by atoms with Crippen molar-refractivity contribution in [3.63, 3.8) is 0 Å². The van der Waals surface area contributed by atoms with Gasteiger partial charge in [-0.2, -0.15) is 0 Å². The van der Waals surface area contributed by atoms with Crippen LogP contribution in [0.1, 0.15) is 11.1 Å². The largest absolute Gasteiger partial charge is 0.404 e. The van der Waals surface area contributed by atoms with Gasteiger partial charge < -0.3 is 9.59 Å². The van der Waals surface area contributed by atoms with E-state index in [0.717, 1.165) is 11.1 Å². The number of hydrogen-bond acceptors (Lipinski definition) is 2. The van der Waals surface area contributed by atoms with E-state index in [4.69, 9.17) is 0 Å². The molecular formula is C14H16O2Si. The van der Waals surface area contributed by atoms with Crippen molar-refractivity contribution >= 4 is 18.9 Å². The van der Waals surface area contributed by atoms with Crippen molar-refractivity contribution in [3.8, 4) is 0 Å². The van der Waals surface area contributed by atoms with Gasteiger partial charge in [-0.15, -0.1) is 0 Å². The molecule has 0 saturated carbocycles. The number of aryl methyl sites for hydroxylation is 2. The van der Waals surface area contributed by atoms with Crippen LogP contribution in [0.3, 0.4) is 0 Å². The van der Waals surface area contributed by atoms with E-state index in [1.807, 2.05) is 38.1 Å². The van der Waals surface area contributed by atoms with Gasteiger partial charge in [0.1, 0.15) is 0 Å². The van der Waals surface area contributed by atoms with Gasteiger partial charge in [0.25, 0.3) is 0 Å². The first-order valence-corrected chi connectivity index (χ1v) is 7.48. The molecule has 0 aliphatic heterocycles. The third-order valence-corrected chi connectivity index (χ3v) is 5.19. The molecule has 3 heteroatoms. The maximum absolute atomic E-state index is 10.3. The minimum absolute atomic E-state index is 0.618. The SMILES string of the molecule is Cc1ccc([Si](O)(O)c2ccc(C)cc2)cc1. The summed E-state index contributed by atoms with van der Waals surface area (Å²) >= 11 is 0. The Kier molecular flexibility index (Phi) is 3.15. The zero-order valence-corrected chi connectivity index (χ0v) is 11.0. The lowest BCUT2D eigenvalue weighted by atomic mass is 10.2. The zero-order valence-electron chi connectivity index (χ0n) is 10.0. The maximum atomic E-state index is 10.3. The summed E-state index contributed by atoms with van der Waals surface area (Å²) in [6.45, 7) is 3.96. The summed E-state index contributed by atoms with van der Waals surface area (Å²) in [4.78, 5) is 20.7. The molecule has 0 atom stereocenters. The second-order valence-electron chi connectivity index (χ2n) is 4.40. The maximum Gasteiger partial charge on any atom is 0.401 e. The van der Waals surface area contributed by atoms with Gasteiger partial charge in [-0.3, -0.25) is 0 Å². The highest BCUT2D eigenvalue weighted by Gasteiger charge is 2.34. The minimum atomic E-state index is -3.50. The molecule has 17 heavy (non-hydrogen) atoms. The predicted molar refractivity (Wildman–Crippen MR) is 71.8 cm³/mol. The van der Waals surface area contributed by atoms with Crippen LogP contribution in [0, 0.1) is 13.8 Å². The smallest absolute Gasteiger partial charge is 0.401 e. The van der Waals surface area contributed by atoms with Crippen LogP contribution in [-0.2, 0) is 0 Å². The van der Waals surface area contributed by atoms with E-state index in [-0.39, 0.29) is 0 Å². The first-order chi connectivity index (χ1) is 8.00. The Hall–Kier alpha value is -1.42. The first kappa shape index (κ1) is 12.0. The van der Waals surface area contributed by atoms with Gasteiger partial charge in [-0.1, -0.05) is 59.7 Å². The fourth-order valence-electron chi connectivity index (χ4n) is 1.74. The van der Waals surface area contributed by atoms with Crippen LogP contribution in [0.5, 0.6) is 0 Å². The lowest BCUT2D eigenvalue weighted by Crippen LogP contribution is -2.59. The number of rotatable bonds is 2. The lowest BCUT2D eigenvalue weighted by molar-refractivity contribution is 0.401. The van der Waals surface area contributed by atoms with Gasteiger partial charge in [-0.05, 0) is 24.2 Å². The van der Waals surface area contributed by atoms with Gasteiger partial charge in [0, 0.05) is 0 Å². The average molecular weight is 244 g/mol. The van der Waals surface area contributed by atoms with Gasteiger partial charge >= 0.3 is 8.56 Å². The highest BCUT2D eigenvalue weighted by Crippen LogP contribution is 2.02. The molecule has 2 N–H and O–H groups in total. The molecule has 2 aromatic rings. The summed E-state index contributed by atoms with van der Waals surface area (Å²) in [6.07, 6.45) is 0. The van der Waals surface area contributed by atoms with Crippen LogP contribution in [0.25, 0.3) is 0 Å². The molecule has 0 aliphatic carbocycles. The van der Waals surface area contributed by atoms with E-state index >= 15 is 0 Å². The highest BCUT2D eigenvalue weighted by molar-refractivity contribution is 6.90. The van der Waals surface area contributed by atoms with Crippen molar-refractivity contribution in [2.45, 2.75) is 13.8 Å². The molecule has 0 heterocycles. The van der Waals surface area contributed by atoms with Crippen molar-refractivity contribution in [1.29, 1.82) is 0 Å². The first-order valence-electron chi connectivity index (χ1n) is 5.59. The van der Waals surface area contributed by atoms with E-state index in [2.05, 4.69) is 0 Å². The third kappa shape index (κ3) is 2.47. The molecule has 0 radical (unpaired) electrons. The molecular weight excluding hydrogens is 228 g/mol. The zero-order chi connectivity index (χ0) is 12.5. The monoisotopic (exact) mass is 244 g/mol. The molecule has 2 rings (SSSR count). The van der Waals surface area contributed by atoms with Gasteiger partial charge in [0.05, 0.1) is 0 Å². The molecule has 0 aliphatic rings. The second kappa shape index (κ2) is 4.45. The third-order valence-electron chi connectivity index (χ3n) is 2.91. The van der Waals surface area contributed by atoms with Crippen molar-refractivity contribution in [3.05, 3.63) is 59.7 Å². The van der Waals surface area contributed by atoms with Crippen molar-refractivity contribution in [2.24, 2.45) is 0 Å². The van der Waals surface area contributed by atoms with E-state index in [0.29, 0.717) is 10.4 Å². The lowest BCUT2D eigenvalue weighted by Gasteiger charge is -2.18. The Morgan fingerprint density at radius 2 is 0.941 bits per heavy atom. The quantitative estimate of drug-likeness (QED) is 0.769. The van der Waals surface area contributed by atoms with E-state index < -0.39 is 8.56 Å². The van der Waals surface area contributed by atoms with Crippen LogP contribution in [0.15, 0.2) is 48.5 Å². The van der Waals surface area contributed by atoms with Crippen LogP contribution >= 0.6 is 0 Å². The second-order valence-corrected chi connectivity index (χ2v) is 6.90. The van der Waals surface area contributed by atoms with E-state index in [1.54, 1.807) is 24.3 Å². The summed E-state index contributed by atoms with van der Waals surface area (Å²) in [6, 6.07) is 14.8. The highest BCUT2D eigenvalue weighted by atomic mass is 28.4. The molecule has 2 aromatic carbocycles. The standard InChI is InChI=1S/C14H16O2Si/c1-11-3-7-13(8-4-11)17(15,16)14-9-5-12(2)6-10-14/h3-10,15-16H,1-2H3. The Labute approximate surface area is 102 Å². The van der Waals surface area contributed by atoms with Crippen molar-refractivity contribution in [2.75, 3.05) is 0 Å². The minimum Gasteiger partial charge on any atom is -0.404 e. The Balaban J connectivity index is 2.41. The summed E-state index contributed by atoms with van der Waals surface area (Å²) in [7, 11) is -3.50. The Bertz CT molecular complexity index is 453.